The average Bonchev–Trinajstić information content (AvgIpc) is 2.33. The first-order chi connectivity index (χ1) is 8.79. The highest BCUT2D eigenvalue weighted by atomic mass is 15.2. The quantitative estimate of drug-likeness (QED) is 0.695. The summed E-state index contributed by atoms with van der Waals surface area (Å²) in [5.41, 5.74) is 0. The molecule has 2 nitrogen and oxygen atoms in total. The molecule has 1 rings (SSSR count). The molecule has 0 aliphatic heterocycles. The minimum absolute atomic E-state index is 0.724. The Morgan fingerprint density at radius 3 is 2.39 bits per heavy atom. The van der Waals surface area contributed by atoms with Gasteiger partial charge in [-0.05, 0) is 39.4 Å². The molecule has 108 valence electrons. The van der Waals surface area contributed by atoms with Crippen LogP contribution < -0.4 is 5.32 Å². The fourth-order valence-corrected chi connectivity index (χ4v) is 3.27. The van der Waals surface area contributed by atoms with Gasteiger partial charge in [0.1, 0.15) is 0 Å². The van der Waals surface area contributed by atoms with Gasteiger partial charge in [-0.15, -0.1) is 0 Å². The Morgan fingerprint density at radius 2 is 1.72 bits per heavy atom. The normalized spacial score (nSPS) is 26.0. The van der Waals surface area contributed by atoms with Crippen LogP contribution in [0.2, 0.25) is 0 Å². The molecule has 2 unspecified atom stereocenters. The van der Waals surface area contributed by atoms with Crippen LogP contribution in [0.15, 0.2) is 0 Å². The molecule has 1 saturated carbocycles. The van der Waals surface area contributed by atoms with Crippen LogP contribution in [0.3, 0.4) is 0 Å². The lowest BCUT2D eigenvalue weighted by Gasteiger charge is -2.36. The molecule has 2 atom stereocenters. The molecule has 0 saturated heterocycles. The number of rotatable bonds is 7. The van der Waals surface area contributed by atoms with E-state index in [2.05, 4.69) is 31.1 Å². The van der Waals surface area contributed by atoms with Gasteiger partial charge in [0, 0.05) is 12.1 Å². The molecule has 0 spiro atoms. The van der Waals surface area contributed by atoms with Crippen LogP contribution in [0.1, 0.15) is 71.6 Å². The molecule has 0 radical (unpaired) electrons. The van der Waals surface area contributed by atoms with Crippen molar-refractivity contribution in [2.75, 3.05) is 20.1 Å². The van der Waals surface area contributed by atoms with Crippen molar-refractivity contribution in [2.45, 2.75) is 83.7 Å². The van der Waals surface area contributed by atoms with Crippen LogP contribution in [-0.2, 0) is 0 Å². The minimum Gasteiger partial charge on any atom is -0.313 e. The standard InChI is InChI=1S/C16H34N2/c1-4-6-11-14-18(3)16-13-10-8-7-9-12-15(16)17-5-2/h15-17H,4-14H2,1-3H3. The molecule has 1 aliphatic rings. The van der Waals surface area contributed by atoms with Gasteiger partial charge < -0.3 is 10.2 Å². The van der Waals surface area contributed by atoms with Crippen LogP contribution in [0.5, 0.6) is 0 Å². The average molecular weight is 254 g/mol. The Hall–Kier alpha value is -0.0800. The van der Waals surface area contributed by atoms with Gasteiger partial charge in [0.25, 0.3) is 0 Å². The number of unbranched alkanes of at least 4 members (excludes halogenated alkanes) is 2. The molecule has 0 aromatic heterocycles. The summed E-state index contributed by atoms with van der Waals surface area (Å²) in [6.07, 6.45) is 12.5. The van der Waals surface area contributed by atoms with Crippen LogP contribution in [0.4, 0.5) is 0 Å². The van der Waals surface area contributed by atoms with E-state index in [0.717, 1.165) is 18.6 Å². The Kier molecular flexibility index (Phi) is 8.70. The lowest BCUT2D eigenvalue weighted by molar-refractivity contribution is 0.161. The summed E-state index contributed by atoms with van der Waals surface area (Å²) in [7, 11) is 2.34. The molecule has 1 aliphatic carbocycles. The summed E-state index contributed by atoms with van der Waals surface area (Å²) >= 11 is 0. The topological polar surface area (TPSA) is 15.3 Å². The SMILES string of the molecule is CCCCCN(C)C1CCCCCCC1NCC. The Balaban J connectivity index is 2.47. The number of likely N-dealkylation sites (N-methyl/N-ethyl adjacent to an activating group) is 2. The molecule has 1 fully saturated rings. The van der Waals surface area contributed by atoms with Crippen molar-refractivity contribution < 1.29 is 0 Å². The van der Waals surface area contributed by atoms with Gasteiger partial charge in [-0.1, -0.05) is 52.4 Å². The first kappa shape index (κ1) is 16.0. The maximum atomic E-state index is 3.73. The Labute approximate surface area is 115 Å². The van der Waals surface area contributed by atoms with Gasteiger partial charge >= 0.3 is 0 Å². The number of nitrogens with one attached hydrogen (secondary N) is 1. The maximum absolute atomic E-state index is 3.73. The van der Waals surface area contributed by atoms with E-state index in [9.17, 15) is 0 Å². The van der Waals surface area contributed by atoms with Gasteiger partial charge in [-0.2, -0.15) is 0 Å². The fraction of sp³-hybridized carbons (Fsp3) is 1.00. The zero-order chi connectivity index (χ0) is 13.2. The summed E-state index contributed by atoms with van der Waals surface area (Å²) in [6, 6.07) is 1.49. The summed E-state index contributed by atoms with van der Waals surface area (Å²) < 4.78 is 0. The Bertz CT molecular complexity index is 194. The van der Waals surface area contributed by atoms with Gasteiger partial charge in [0.05, 0.1) is 0 Å². The predicted molar refractivity (Wildman–Crippen MR) is 81.1 cm³/mol. The lowest BCUT2D eigenvalue weighted by Crippen LogP contribution is -2.49. The van der Waals surface area contributed by atoms with E-state index < -0.39 is 0 Å². The van der Waals surface area contributed by atoms with Gasteiger partial charge in [0.15, 0.2) is 0 Å². The second kappa shape index (κ2) is 9.80. The van der Waals surface area contributed by atoms with Crippen molar-refractivity contribution in [3.63, 3.8) is 0 Å². The van der Waals surface area contributed by atoms with Crippen LogP contribution in [-0.4, -0.2) is 37.1 Å². The van der Waals surface area contributed by atoms with Crippen molar-refractivity contribution in [1.82, 2.24) is 10.2 Å². The van der Waals surface area contributed by atoms with Gasteiger partial charge in [0.2, 0.25) is 0 Å². The second-order valence-corrected chi connectivity index (χ2v) is 5.91. The van der Waals surface area contributed by atoms with E-state index in [1.807, 2.05) is 0 Å². The minimum atomic E-state index is 0.724. The van der Waals surface area contributed by atoms with E-state index in [1.54, 1.807) is 0 Å². The van der Waals surface area contributed by atoms with Crippen molar-refractivity contribution >= 4 is 0 Å². The third-order valence-corrected chi connectivity index (χ3v) is 4.38. The van der Waals surface area contributed by atoms with E-state index in [4.69, 9.17) is 0 Å². The van der Waals surface area contributed by atoms with E-state index >= 15 is 0 Å². The van der Waals surface area contributed by atoms with Crippen molar-refractivity contribution in [3.05, 3.63) is 0 Å². The van der Waals surface area contributed by atoms with Crippen molar-refractivity contribution in [3.8, 4) is 0 Å². The zero-order valence-corrected chi connectivity index (χ0v) is 12.9. The monoisotopic (exact) mass is 254 g/mol. The first-order valence-corrected chi connectivity index (χ1v) is 8.23. The maximum Gasteiger partial charge on any atom is 0.0246 e. The molecule has 0 heterocycles. The third kappa shape index (κ3) is 5.71. The van der Waals surface area contributed by atoms with Crippen molar-refractivity contribution in [2.24, 2.45) is 0 Å². The largest absolute Gasteiger partial charge is 0.313 e. The lowest BCUT2D eigenvalue weighted by atomic mass is 9.91. The second-order valence-electron chi connectivity index (χ2n) is 5.91. The van der Waals surface area contributed by atoms with Crippen LogP contribution in [0, 0.1) is 0 Å². The van der Waals surface area contributed by atoms with Gasteiger partial charge in [-0.3, -0.25) is 0 Å². The number of nitrogens with zero attached hydrogens (tertiary/aromatic N) is 1. The molecule has 2 heteroatoms. The summed E-state index contributed by atoms with van der Waals surface area (Å²) in [5, 5.41) is 3.73. The molecule has 0 aromatic rings. The first-order valence-electron chi connectivity index (χ1n) is 8.23. The van der Waals surface area contributed by atoms with Crippen molar-refractivity contribution in [1.29, 1.82) is 0 Å². The summed E-state index contributed by atoms with van der Waals surface area (Å²) in [4.78, 5) is 2.63. The molecule has 0 amide bonds. The number of hydrogen-bond acceptors (Lipinski definition) is 2. The molecule has 1 N–H and O–H groups in total. The summed E-state index contributed by atoms with van der Waals surface area (Å²) in [6.45, 7) is 6.93. The highest BCUT2D eigenvalue weighted by Gasteiger charge is 2.24. The highest BCUT2D eigenvalue weighted by molar-refractivity contribution is 4.84. The molecular weight excluding hydrogens is 220 g/mol. The molecule has 0 aromatic carbocycles. The smallest absolute Gasteiger partial charge is 0.0246 e. The van der Waals surface area contributed by atoms with E-state index in [0.29, 0.717) is 0 Å². The third-order valence-electron chi connectivity index (χ3n) is 4.38. The van der Waals surface area contributed by atoms with E-state index in [-0.39, 0.29) is 0 Å². The fourth-order valence-electron chi connectivity index (χ4n) is 3.27. The molecular formula is C16H34N2. The van der Waals surface area contributed by atoms with E-state index in [1.165, 1.54) is 64.3 Å². The highest BCUT2D eigenvalue weighted by Crippen LogP contribution is 2.21. The zero-order valence-electron chi connectivity index (χ0n) is 12.9. The van der Waals surface area contributed by atoms with Crippen LogP contribution in [0.25, 0.3) is 0 Å². The number of hydrogen-bond donors (Lipinski definition) is 1. The Morgan fingerprint density at radius 1 is 1.00 bits per heavy atom. The van der Waals surface area contributed by atoms with Gasteiger partial charge in [-0.25, -0.2) is 0 Å². The predicted octanol–water partition coefficient (Wildman–Crippen LogP) is 3.81. The molecule has 0 bridgehead atoms. The van der Waals surface area contributed by atoms with Crippen LogP contribution >= 0.6 is 0 Å². The summed E-state index contributed by atoms with van der Waals surface area (Å²) in [5.74, 6) is 0. The molecule has 18 heavy (non-hydrogen) atoms.